The number of hydrogen-bond donors (Lipinski definition) is 2. The lowest BCUT2D eigenvalue weighted by atomic mass is 9.89. The van der Waals surface area contributed by atoms with Crippen LogP contribution in [-0.2, 0) is 9.59 Å². The van der Waals surface area contributed by atoms with E-state index in [1.807, 2.05) is 30.3 Å². The molecule has 2 saturated heterocycles. The molecule has 2 heterocycles. The summed E-state index contributed by atoms with van der Waals surface area (Å²) < 4.78 is 0. The van der Waals surface area contributed by atoms with E-state index in [4.69, 9.17) is 0 Å². The average Bonchev–Trinajstić information content (AvgIpc) is 2.86. The fraction of sp³-hybridized carbons (Fsp3) is 0.556. The van der Waals surface area contributed by atoms with Gasteiger partial charge >= 0.3 is 0 Å². The van der Waals surface area contributed by atoms with Gasteiger partial charge in [-0.05, 0) is 43.7 Å². The minimum atomic E-state index is -0.155. The van der Waals surface area contributed by atoms with Crippen molar-refractivity contribution in [2.75, 3.05) is 18.9 Å². The van der Waals surface area contributed by atoms with Gasteiger partial charge in [-0.1, -0.05) is 18.2 Å². The van der Waals surface area contributed by atoms with Crippen LogP contribution in [0.25, 0.3) is 0 Å². The van der Waals surface area contributed by atoms with Crippen LogP contribution in [0, 0.1) is 5.92 Å². The first-order chi connectivity index (χ1) is 11.1. The summed E-state index contributed by atoms with van der Waals surface area (Å²) in [6.45, 7) is 0.103. The van der Waals surface area contributed by atoms with E-state index in [-0.39, 0.29) is 18.4 Å². The van der Waals surface area contributed by atoms with Crippen molar-refractivity contribution < 1.29 is 9.59 Å². The van der Waals surface area contributed by atoms with Gasteiger partial charge in [0.2, 0.25) is 11.8 Å². The van der Waals surface area contributed by atoms with E-state index >= 15 is 0 Å². The maximum Gasteiger partial charge on any atom is 0.243 e. The highest BCUT2D eigenvalue weighted by atomic mass is 16.2. The summed E-state index contributed by atoms with van der Waals surface area (Å²) in [5.74, 6) is 0.373. The lowest BCUT2D eigenvalue weighted by Crippen LogP contribution is -2.41. The van der Waals surface area contributed by atoms with Gasteiger partial charge in [0.25, 0.3) is 0 Å². The number of carbonyl (C=O) groups excluding carboxylic acids is 2. The summed E-state index contributed by atoms with van der Waals surface area (Å²) >= 11 is 0. The number of fused-ring (bicyclic) bond motifs is 2. The van der Waals surface area contributed by atoms with Crippen LogP contribution in [0.5, 0.6) is 0 Å². The zero-order chi connectivity index (χ0) is 16.2. The van der Waals surface area contributed by atoms with Gasteiger partial charge in [0.05, 0.1) is 6.54 Å². The smallest absolute Gasteiger partial charge is 0.243 e. The molecule has 2 aliphatic heterocycles. The fourth-order valence-electron chi connectivity index (χ4n) is 3.77. The molecule has 2 amide bonds. The van der Waals surface area contributed by atoms with Crippen molar-refractivity contribution in [2.45, 2.75) is 44.2 Å². The van der Waals surface area contributed by atoms with Crippen LogP contribution in [0.15, 0.2) is 30.3 Å². The maximum absolute atomic E-state index is 12.4. The number of piperidine rings is 1. The molecule has 0 aliphatic carbocycles. The Hall–Kier alpha value is -1.88. The predicted molar refractivity (Wildman–Crippen MR) is 90.0 cm³/mol. The van der Waals surface area contributed by atoms with Gasteiger partial charge in [0.15, 0.2) is 0 Å². The molecule has 2 aliphatic rings. The first kappa shape index (κ1) is 16.0. The first-order valence-corrected chi connectivity index (χ1v) is 8.45. The Bertz CT molecular complexity index is 549. The molecular weight excluding hydrogens is 290 g/mol. The highest BCUT2D eigenvalue weighted by Gasteiger charge is 2.34. The van der Waals surface area contributed by atoms with Gasteiger partial charge in [-0.2, -0.15) is 0 Å². The fourth-order valence-corrected chi connectivity index (χ4v) is 3.77. The number of nitrogens with one attached hydrogen (secondary N) is 2. The van der Waals surface area contributed by atoms with Crippen molar-refractivity contribution in [1.29, 1.82) is 0 Å². The van der Waals surface area contributed by atoms with Crippen molar-refractivity contribution in [2.24, 2.45) is 5.92 Å². The predicted octanol–water partition coefficient (Wildman–Crippen LogP) is 2.00. The van der Waals surface area contributed by atoms with Gasteiger partial charge in [-0.15, -0.1) is 0 Å². The zero-order valence-corrected chi connectivity index (χ0v) is 13.6. The molecule has 5 heteroatoms. The third-order valence-corrected chi connectivity index (χ3v) is 4.90. The van der Waals surface area contributed by atoms with E-state index in [0.29, 0.717) is 24.4 Å². The second-order valence-corrected chi connectivity index (χ2v) is 6.84. The molecule has 2 fully saturated rings. The Labute approximate surface area is 137 Å². The number of hydrogen-bond acceptors (Lipinski definition) is 3. The Morgan fingerprint density at radius 1 is 1.17 bits per heavy atom. The highest BCUT2D eigenvalue weighted by Crippen LogP contribution is 2.32. The lowest BCUT2D eigenvalue weighted by molar-refractivity contribution is -0.134. The molecule has 124 valence electrons. The van der Waals surface area contributed by atoms with Crippen molar-refractivity contribution >= 4 is 17.5 Å². The minimum Gasteiger partial charge on any atom is -0.336 e. The van der Waals surface area contributed by atoms with Crippen molar-refractivity contribution in [3.05, 3.63) is 30.3 Å². The average molecular weight is 315 g/mol. The van der Waals surface area contributed by atoms with Gasteiger partial charge < -0.3 is 15.5 Å². The van der Waals surface area contributed by atoms with Gasteiger partial charge in [-0.3, -0.25) is 9.59 Å². The molecule has 2 bridgehead atoms. The molecule has 1 aromatic carbocycles. The quantitative estimate of drug-likeness (QED) is 0.874. The Balaban J connectivity index is 1.45. The number of nitrogens with zero attached hydrogens (tertiary/aromatic N) is 1. The Morgan fingerprint density at radius 2 is 1.83 bits per heavy atom. The number of likely N-dealkylation sites (N-methyl/N-ethyl adjacent to an activating group) is 1. The van der Waals surface area contributed by atoms with Gasteiger partial charge in [-0.25, -0.2) is 0 Å². The second-order valence-electron chi connectivity index (χ2n) is 6.84. The van der Waals surface area contributed by atoms with Crippen molar-refractivity contribution in [3.8, 4) is 0 Å². The van der Waals surface area contributed by atoms with Crippen LogP contribution in [0.4, 0.5) is 5.69 Å². The van der Waals surface area contributed by atoms with E-state index in [2.05, 4.69) is 10.6 Å². The summed E-state index contributed by atoms with van der Waals surface area (Å²) in [5.41, 5.74) is 0.758. The summed E-state index contributed by atoms with van der Waals surface area (Å²) in [6.07, 6.45) is 5.22. The van der Waals surface area contributed by atoms with E-state index < -0.39 is 0 Å². The summed E-state index contributed by atoms with van der Waals surface area (Å²) in [4.78, 5) is 25.9. The molecule has 2 N–H and O–H groups in total. The molecular formula is C18H25N3O2. The van der Waals surface area contributed by atoms with Gasteiger partial charge in [0.1, 0.15) is 0 Å². The molecule has 0 aromatic heterocycles. The van der Waals surface area contributed by atoms with Gasteiger partial charge in [0, 0.05) is 31.2 Å². The highest BCUT2D eigenvalue weighted by molar-refractivity contribution is 5.94. The van der Waals surface area contributed by atoms with Crippen LogP contribution < -0.4 is 10.6 Å². The maximum atomic E-state index is 12.4. The van der Waals surface area contributed by atoms with E-state index in [9.17, 15) is 9.59 Å². The number of carbonyl (C=O) groups is 2. The van der Waals surface area contributed by atoms with Crippen LogP contribution in [0.2, 0.25) is 0 Å². The summed E-state index contributed by atoms with van der Waals surface area (Å²) in [5, 5.41) is 6.41. The summed E-state index contributed by atoms with van der Waals surface area (Å²) in [6, 6.07) is 10.5. The lowest BCUT2D eigenvalue weighted by Gasteiger charge is -2.29. The molecule has 2 unspecified atom stereocenters. The monoisotopic (exact) mass is 315 g/mol. The number of amides is 2. The molecule has 1 aromatic rings. The third kappa shape index (κ3) is 4.32. The standard InChI is InChI=1S/C18H25N3O2/c1-21(12-17(22)20-14-5-3-2-4-6-14)18(23)11-13-9-15-7-8-16(10-13)19-15/h2-6,13,15-16,19H,7-12H2,1H3,(H,20,22). The van der Waals surface area contributed by atoms with Crippen molar-refractivity contribution in [1.82, 2.24) is 10.2 Å². The van der Waals surface area contributed by atoms with E-state index in [0.717, 1.165) is 18.5 Å². The Kier molecular flexibility index (Phi) is 4.96. The first-order valence-electron chi connectivity index (χ1n) is 8.45. The molecule has 23 heavy (non-hydrogen) atoms. The molecule has 0 saturated carbocycles. The molecule has 2 atom stereocenters. The minimum absolute atomic E-state index is 0.0690. The largest absolute Gasteiger partial charge is 0.336 e. The molecule has 0 radical (unpaired) electrons. The number of anilines is 1. The molecule has 5 nitrogen and oxygen atoms in total. The summed E-state index contributed by atoms with van der Waals surface area (Å²) in [7, 11) is 1.71. The third-order valence-electron chi connectivity index (χ3n) is 4.90. The molecule has 3 rings (SSSR count). The number of benzene rings is 1. The Morgan fingerprint density at radius 3 is 2.48 bits per heavy atom. The normalized spacial score (nSPS) is 25.9. The second kappa shape index (κ2) is 7.13. The molecule has 0 spiro atoms. The van der Waals surface area contributed by atoms with E-state index in [1.165, 1.54) is 12.8 Å². The van der Waals surface area contributed by atoms with Crippen LogP contribution in [0.3, 0.4) is 0 Å². The number of rotatable bonds is 5. The topological polar surface area (TPSA) is 61.4 Å². The van der Waals surface area contributed by atoms with E-state index in [1.54, 1.807) is 11.9 Å². The SMILES string of the molecule is CN(CC(=O)Nc1ccccc1)C(=O)CC1CC2CCC(C1)N2. The van der Waals surface area contributed by atoms with Crippen molar-refractivity contribution in [3.63, 3.8) is 0 Å². The van der Waals surface area contributed by atoms with Crippen LogP contribution in [-0.4, -0.2) is 42.4 Å². The number of para-hydroxylation sites is 1. The van der Waals surface area contributed by atoms with Crippen LogP contribution in [0.1, 0.15) is 32.1 Å². The zero-order valence-electron chi connectivity index (χ0n) is 13.6. The van der Waals surface area contributed by atoms with Crippen LogP contribution >= 0.6 is 0 Å².